The molecule has 30 heavy (non-hydrogen) atoms. The van der Waals surface area contributed by atoms with Crippen LogP contribution < -0.4 is 5.32 Å². The summed E-state index contributed by atoms with van der Waals surface area (Å²) >= 11 is 0. The maximum atomic E-state index is 14.9. The van der Waals surface area contributed by atoms with E-state index >= 15 is 0 Å². The molecule has 0 saturated carbocycles. The molecule has 0 bridgehead atoms. The van der Waals surface area contributed by atoms with E-state index < -0.39 is 0 Å². The van der Waals surface area contributed by atoms with Gasteiger partial charge in [-0.2, -0.15) is 0 Å². The molecule has 0 saturated heterocycles. The lowest BCUT2D eigenvalue weighted by Crippen LogP contribution is -2.20. The second-order valence-corrected chi connectivity index (χ2v) is 7.88. The van der Waals surface area contributed by atoms with Crippen molar-refractivity contribution < 1.29 is 9.50 Å². The van der Waals surface area contributed by atoms with Crippen LogP contribution in [0.1, 0.15) is 53.6 Å². The summed E-state index contributed by atoms with van der Waals surface area (Å²) in [6.45, 7) is 6.77. The molecule has 2 atom stereocenters. The van der Waals surface area contributed by atoms with E-state index in [0.717, 1.165) is 34.4 Å². The fraction of sp³-hybridized carbons (Fsp3) is 0.346. The van der Waals surface area contributed by atoms with Crippen LogP contribution in [0, 0.1) is 12.7 Å². The largest absolute Gasteiger partial charge is 0.396 e. The van der Waals surface area contributed by atoms with Gasteiger partial charge in [0.15, 0.2) is 0 Å². The number of halogens is 1. The molecule has 3 rings (SSSR count). The summed E-state index contributed by atoms with van der Waals surface area (Å²) in [4.78, 5) is 4.99. The van der Waals surface area contributed by atoms with Crippen molar-refractivity contribution in [3.8, 4) is 11.3 Å². The summed E-state index contributed by atoms with van der Waals surface area (Å²) in [7, 11) is 1.92. The summed E-state index contributed by atoms with van der Waals surface area (Å²) in [5.41, 5.74) is 6.22. The number of nitrogens with one attached hydrogen (secondary N) is 1. The van der Waals surface area contributed by atoms with Crippen LogP contribution >= 0.6 is 0 Å². The maximum absolute atomic E-state index is 14.9. The Morgan fingerprint density at radius 3 is 2.47 bits per heavy atom. The summed E-state index contributed by atoms with van der Waals surface area (Å²) < 4.78 is 14.9. The van der Waals surface area contributed by atoms with Crippen LogP contribution in [-0.4, -0.2) is 30.3 Å². The van der Waals surface area contributed by atoms with Crippen LogP contribution in [0.25, 0.3) is 11.3 Å². The number of rotatable bonds is 8. The molecule has 2 unspecified atom stereocenters. The van der Waals surface area contributed by atoms with Crippen LogP contribution in [0.5, 0.6) is 0 Å². The highest BCUT2D eigenvalue weighted by Gasteiger charge is 2.22. The molecule has 3 aromatic rings. The first-order valence-electron chi connectivity index (χ1n) is 10.6. The third-order valence-corrected chi connectivity index (χ3v) is 5.80. The minimum Gasteiger partial charge on any atom is -0.396 e. The quantitative estimate of drug-likeness (QED) is 0.540. The summed E-state index contributed by atoms with van der Waals surface area (Å²) in [5.74, 6) is -0.307. The molecule has 0 fully saturated rings. The van der Waals surface area contributed by atoms with Gasteiger partial charge in [0.2, 0.25) is 0 Å². The molecule has 1 heterocycles. The zero-order chi connectivity index (χ0) is 21.7. The van der Waals surface area contributed by atoms with Crippen LogP contribution in [0.2, 0.25) is 0 Å². The molecular formula is C26H31FN2O. The number of likely N-dealkylation sites (N-methyl/N-ethyl adjacent to an activating group) is 1. The summed E-state index contributed by atoms with van der Waals surface area (Å²) in [6, 6.07) is 17.6. The van der Waals surface area contributed by atoms with Gasteiger partial charge in [0.25, 0.3) is 0 Å². The van der Waals surface area contributed by atoms with E-state index in [9.17, 15) is 9.50 Å². The Morgan fingerprint density at radius 1 is 1.10 bits per heavy atom. The zero-order valence-corrected chi connectivity index (χ0v) is 18.2. The molecule has 0 spiro atoms. The molecular weight excluding hydrogens is 375 g/mol. The minimum absolute atomic E-state index is 0.0256. The van der Waals surface area contributed by atoms with E-state index in [-0.39, 0.29) is 24.3 Å². The fourth-order valence-electron chi connectivity index (χ4n) is 3.96. The van der Waals surface area contributed by atoms with Crippen molar-refractivity contribution in [1.82, 2.24) is 10.3 Å². The van der Waals surface area contributed by atoms with Gasteiger partial charge in [0, 0.05) is 30.6 Å². The molecule has 0 amide bonds. The highest BCUT2D eigenvalue weighted by Crippen LogP contribution is 2.34. The Balaban J connectivity index is 2.25. The number of aliphatic hydroxyl groups excluding tert-OH is 1. The van der Waals surface area contributed by atoms with Crippen molar-refractivity contribution in [3.63, 3.8) is 0 Å². The topological polar surface area (TPSA) is 45.2 Å². The molecule has 0 aliphatic carbocycles. The predicted octanol–water partition coefficient (Wildman–Crippen LogP) is 5.21. The van der Waals surface area contributed by atoms with E-state index in [4.69, 9.17) is 4.98 Å². The van der Waals surface area contributed by atoms with Gasteiger partial charge in [-0.3, -0.25) is 4.98 Å². The van der Waals surface area contributed by atoms with E-state index in [1.165, 1.54) is 6.07 Å². The molecule has 158 valence electrons. The molecule has 0 aliphatic heterocycles. The van der Waals surface area contributed by atoms with Gasteiger partial charge in [0.1, 0.15) is 5.82 Å². The number of benzene rings is 2. The van der Waals surface area contributed by atoms with E-state index in [2.05, 4.69) is 30.4 Å². The third kappa shape index (κ3) is 4.61. The molecule has 2 N–H and O–H groups in total. The lowest BCUT2D eigenvalue weighted by atomic mass is 9.88. The Kier molecular flexibility index (Phi) is 7.35. The Bertz CT molecular complexity index is 988. The Labute approximate surface area is 179 Å². The predicted molar refractivity (Wildman–Crippen MR) is 121 cm³/mol. The van der Waals surface area contributed by atoms with Crippen LogP contribution in [-0.2, 0) is 6.42 Å². The SMILES string of the molecule is CCc1ccc(F)c(-c2nc(C(CNC)c3ccccc3)cc(C(C)CO)c2C)c1. The molecule has 3 nitrogen and oxygen atoms in total. The third-order valence-electron chi connectivity index (χ3n) is 5.80. The van der Waals surface area contributed by atoms with E-state index in [0.29, 0.717) is 17.8 Å². The van der Waals surface area contributed by atoms with Crippen LogP contribution in [0.4, 0.5) is 4.39 Å². The van der Waals surface area contributed by atoms with Crippen molar-refractivity contribution in [3.05, 3.63) is 88.4 Å². The smallest absolute Gasteiger partial charge is 0.132 e. The number of aromatic nitrogens is 1. The van der Waals surface area contributed by atoms with E-state index in [1.54, 1.807) is 0 Å². The highest BCUT2D eigenvalue weighted by atomic mass is 19.1. The van der Waals surface area contributed by atoms with Gasteiger partial charge < -0.3 is 10.4 Å². The highest BCUT2D eigenvalue weighted by molar-refractivity contribution is 5.67. The average Bonchev–Trinajstić information content (AvgIpc) is 2.78. The van der Waals surface area contributed by atoms with Crippen molar-refractivity contribution in [1.29, 1.82) is 0 Å². The second kappa shape index (κ2) is 9.96. The standard InChI is InChI=1S/C26H31FN2O/c1-5-19-11-12-24(27)22(13-19)26-18(3)21(17(2)16-30)14-25(29-26)23(15-28-4)20-9-7-6-8-10-20/h6-14,17,23,28,30H,5,15-16H2,1-4H3. The van der Waals surface area contributed by atoms with Crippen LogP contribution in [0.15, 0.2) is 54.6 Å². The number of aliphatic hydroxyl groups is 1. The zero-order valence-electron chi connectivity index (χ0n) is 18.2. The Hall–Kier alpha value is -2.56. The summed E-state index contributed by atoms with van der Waals surface area (Å²) in [5, 5.41) is 13.1. The summed E-state index contributed by atoms with van der Waals surface area (Å²) in [6.07, 6.45) is 0.832. The fourth-order valence-corrected chi connectivity index (χ4v) is 3.96. The first-order valence-corrected chi connectivity index (χ1v) is 10.6. The van der Waals surface area contributed by atoms with Gasteiger partial charge >= 0.3 is 0 Å². The minimum atomic E-state index is -0.271. The van der Waals surface area contributed by atoms with Crippen molar-refractivity contribution in [2.24, 2.45) is 0 Å². The molecule has 1 aromatic heterocycles. The lowest BCUT2D eigenvalue weighted by molar-refractivity contribution is 0.272. The first-order chi connectivity index (χ1) is 14.5. The Morgan fingerprint density at radius 2 is 1.83 bits per heavy atom. The van der Waals surface area contributed by atoms with Crippen LogP contribution in [0.3, 0.4) is 0 Å². The molecule has 2 aromatic carbocycles. The maximum Gasteiger partial charge on any atom is 0.132 e. The normalized spacial score (nSPS) is 13.3. The lowest BCUT2D eigenvalue weighted by Gasteiger charge is -2.23. The second-order valence-electron chi connectivity index (χ2n) is 7.88. The van der Waals surface area contributed by atoms with Crippen molar-refractivity contribution >= 4 is 0 Å². The first kappa shape index (κ1) is 22.1. The van der Waals surface area contributed by atoms with Gasteiger partial charge in [-0.05, 0) is 60.8 Å². The number of aryl methyl sites for hydroxylation is 1. The molecule has 0 radical (unpaired) electrons. The number of nitrogens with zero attached hydrogens (tertiary/aromatic N) is 1. The number of pyridine rings is 1. The number of hydrogen-bond acceptors (Lipinski definition) is 3. The molecule has 0 aliphatic rings. The van der Waals surface area contributed by atoms with Gasteiger partial charge in [-0.1, -0.05) is 50.2 Å². The van der Waals surface area contributed by atoms with Crippen molar-refractivity contribution in [2.75, 3.05) is 20.2 Å². The van der Waals surface area contributed by atoms with Gasteiger partial charge in [-0.15, -0.1) is 0 Å². The number of hydrogen-bond donors (Lipinski definition) is 2. The average molecular weight is 407 g/mol. The van der Waals surface area contributed by atoms with Crippen molar-refractivity contribution in [2.45, 2.75) is 39.0 Å². The monoisotopic (exact) mass is 406 g/mol. The van der Waals surface area contributed by atoms with E-state index in [1.807, 2.05) is 51.2 Å². The van der Waals surface area contributed by atoms with Gasteiger partial charge in [-0.25, -0.2) is 4.39 Å². The van der Waals surface area contributed by atoms with Gasteiger partial charge in [0.05, 0.1) is 11.4 Å². The molecule has 4 heteroatoms.